The van der Waals surface area contributed by atoms with Gasteiger partial charge in [0.15, 0.2) is 0 Å². The highest BCUT2D eigenvalue weighted by Gasteiger charge is 2.14. The molecule has 0 aliphatic carbocycles. The van der Waals surface area contributed by atoms with Crippen LogP contribution in [0.1, 0.15) is 19.8 Å². The van der Waals surface area contributed by atoms with Gasteiger partial charge in [-0.3, -0.25) is 0 Å². The van der Waals surface area contributed by atoms with Gasteiger partial charge in [0.05, 0.1) is 0 Å². The average molecular weight is 143 g/mol. The monoisotopic (exact) mass is 143 g/mol. The first-order valence-electron chi connectivity index (χ1n) is 3.43. The Bertz CT molecular complexity index is 105. The number of hydrogen-bond acceptors (Lipinski definition) is 2. The second-order valence-electron chi connectivity index (χ2n) is 2.57. The van der Waals surface area contributed by atoms with E-state index in [9.17, 15) is 0 Å². The second kappa shape index (κ2) is 3.25. The van der Waals surface area contributed by atoms with Crippen LogP contribution >= 0.6 is 11.8 Å². The minimum absolute atomic E-state index is 0.617. The molecule has 0 amide bonds. The molecule has 0 atom stereocenters. The van der Waals surface area contributed by atoms with Crippen LogP contribution in [0, 0.1) is 11.3 Å². The first kappa shape index (κ1) is 7.13. The van der Waals surface area contributed by atoms with Gasteiger partial charge in [0, 0.05) is 5.71 Å². The zero-order chi connectivity index (χ0) is 6.69. The van der Waals surface area contributed by atoms with E-state index in [1.807, 2.05) is 18.7 Å². The van der Waals surface area contributed by atoms with Gasteiger partial charge in [0.2, 0.25) is 0 Å². The van der Waals surface area contributed by atoms with Gasteiger partial charge in [-0.15, -0.1) is 0 Å². The highest BCUT2D eigenvalue weighted by molar-refractivity contribution is 7.99. The average Bonchev–Trinajstić information content (AvgIpc) is 1.90. The molecule has 0 unspecified atom stereocenters. The SMILES string of the molecule is CC(=N)C1CCSCC1. The topological polar surface area (TPSA) is 23.9 Å². The number of thioether (sulfide) groups is 1. The molecule has 0 radical (unpaired) electrons. The molecule has 1 fully saturated rings. The Kier molecular flexibility index (Phi) is 2.58. The summed E-state index contributed by atoms with van der Waals surface area (Å²) < 4.78 is 0. The Morgan fingerprint density at radius 2 is 2.00 bits per heavy atom. The molecule has 0 aromatic carbocycles. The zero-order valence-corrected chi connectivity index (χ0v) is 6.63. The largest absolute Gasteiger partial charge is 0.310 e. The summed E-state index contributed by atoms with van der Waals surface area (Å²) in [5.74, 6) is 3.15. The predicted molar refractivity (Wildman–Crippen MR) is 43.4 cm³/mol. The fourth-order valence-corrected chi connectivity index (χ4v) is 2.24. The van der Waals surface area contributed by atoms with Crippen molar-refractivity contribution in [2.45, 2.75) is 19.8 Å². The molecule has 1 aliphatic heterocycles. The van der Waals surface area contributed by atoms with Crippen molar-refractivity contribution in [3.63, 3.8) is 0 Å². The van der Waals surface area contributed by atoms with Crippen LogP contribution in [-0.4, -0.2) is 17.2 Å². The Hall–Kier alpha value is 0.0200. The summed E-state index contributed by atoms with van der Waals surface area (Å²) >= 11 is 2.02. The van der Waals surface area contributed by atoms with E-state index in [0.717, 1.165) is 5.71 Å². The molecule has 2 heteroatoms. The van der Waals surface area contributed by atoms with Crippen LogP contribution in [0.15, 0.2) is 0 Å². The van der Waals surface area contributed by atoms with Gasteiger partial charge in [-0.25, -0.2) is 0 Å². The summed E-state index contributed by atoms with van der Waals surface area (Å²) in [6, 6.07) is 0. The lowest BCUT2D eigenvalue weighted by Gasteiger charge is -2.19. The molecule has 1 aliphatic rings. The van der Waals surface area contributed by atoms with Crippen molar-refractivity contribution in [3.05, 3.63) is 0 Å². The zero-order valence-electron chi connectivity index (χ0n) is 5.81. The highest BCUT2D eigenvalue weighted by Crippen LogP contribution is 2.22. The van der Waals surface area contributed by atoms with Crippen LogP contribution in [0.3, 0.4) is 0 Å². The lowest BCUT2D eigenvalue weighted by molar-refractivity contribution is 0.632. The van der Waals surface area contributed by atoms with Crippen molar-refractivity contribution >= 4 is 17.5 Å². The van der Waals surface area contributed by atoms with Crippen LogP contribution < -0.4 is 0 Å². The summed E-state index contributed by atoms with van der Waals surface area (Å²) in [7, 11) is 0. The van der Waals surface area contributed by atoms with Crippen LogP contribution in [0.4, 0.5) is 0 Å². The van der Waals surface area contributed by atoms with Crippen LogP contribution in [0.5, 0.6) is 0 Å². The Balaban J connectivity index is 2.31. The van der Waals surface area contributed by atoms with Crippen molar-refractivity contribution in [2.75, 3.05) is 11.5 Å². The Labute approximate surface area is 60.7 Å². The summed E-state index contributed by atoms with van der Waals surface area (Å²) in [5, 5.41) is 7.38. The normalized spacial score (nSPS) is 21.9. The van der Waals surface area contributed by atoms with Gasteiger partial charge in [0.25, 0.3) is 0 Å². The first-order chi connectivity index (χ1) is 4.30. The highest BCUT2D eigenvalue weighted by atomic mass is 32.2. The molecule has 9 heavy (non-hydrogen) atoms. The van der Waals surface area contributed by atoms with Crippen LogP contribution in [0.25, 0.3) is 0 Å². The van der Waals surface area contributed by atoms with Gasteiger partial charge in [-0.2, -0.15) is 11.8 Å². The van der Waals surface area contributed by atoms with E-state index in [1.165, 1.54) is 24.3 Å². The first-order valence-corrected chi connectivity index (χ1v) is 4.59. The Morgan fingerprint density at radius 1 is 1.44 bits per heavy atom. The van der Waals surface area contributed by atoms with Crippen LogP contribution in [-0.2, 0) is 0 Å². The predicted octanol–water partition coefficient (Wildman–Crippen LogP) is 2.17. The fraction of sp³-hybridized carbons (Fsp3) is 0.857. The van der Waals surface area contributed by atoms with Crippen molar-refractivity contribution in [3.8, 4) is 0 Å². The molecule has 0 aromatic rings. The van der Waals surface area contributed by atoms with Crippen molar-refractivity contribution in [1.82, 2.24) is 0 Å². The summed E-state index contributed by atoms with van der Waals surface area (Å²) in [5.41, 5.74) is 0.885. The maximum atomic E-state index is 7.38. The third-order valence-corrected chi connectivity index (χ3v) is 2.88. The van der Waals surface area contributed by atoms with Crippen molar-refractivity contribution in [1.29, 1.82) is 5.41 Å². The standard InChI is InChI=1S/C7H13NS/c1-6(8)7-2-4-9-5-3-7/h7-8H,2-5H2,1H3. The van der Waals surface area contributed by atoms with E-state index in [4.69, 9.17) is 5.41 Å². The maximum absolute atomic E-state index is 7.38. The van der Waals surface area contributed by atoms with Gasteiger partial charge in [-0.05, 0) is 37.2 Å². The number of rotatable bonds is 1. The molecular formula is C7H13NS. The van der Waals surface area contributed by atoms with E-state index in [2.05, 4.69) is 0 Å². The molecule has 52 valence electrons. The van der Waals surface area contributed by atoms with Crippen molar-refractivity contribution < 1.29 is 0 Å². The van der Waals surface area contributed by atoms with Gasteiger partial charge < -0.3 is 5.41 Å². The quantitative estimate of drug-likeness (QED) is 0.559. The van der Waals surface area contributed by atoms with Gasteiger partial charge in [-0.1, -0.05) is 0 Å². The molecule has 1 N–H and O–H groups in total. The van der Waals surface area contributed by atoms with Gasteiger partial charge in [0.1, 0.15) is 0 Å². The fourth-order valence-electron chi connectivity index (χ4n) is 1.13. The third-order valence-electron chi connectivity index (χ3n) is 1.83. The number of nitrogens with one attached hydrogen (secondary N) is 1. The summed E-state index contributed by atoms with van der Waals surface area (Å²) in [4.78, 5) is 0. The second-order valence-corrected chi connectivity index (χ2v) is 3.79. The van der Waals surface area contributed by atoms with E-state index in [1.54, 1.807) is 0 Å². The van der Waals surface area contributed by atoms with E-state index < -0.39 is 0 Å². The number of hydrogen-bond donors (Lipinski definition) is 1. The molecule has 1 nitrogen and oxygen atoms in total. The lowest BCUT2D eigenvalue weighted by Crippen LogP contribution is -2.16. The lowest BCUT2D eigenvalue weighted by atomic mass is 9.98. The smallest absolute Gasteiger partial charge is 0.00897 e. The van der Waals surface area contributed by atoms with E-state index in [-0.39, 0.29) is 0 Å². The minimum Gasteiger partial charge on any atom is -0.310 e. The van der Waals surface area contributed by atoms with E-state index >= 15 is 0 Å². The van der Waals surface area contributed by atoms with Crippen molar-refractivity contribution in [2.24, 2.45) is 5.92 Å². The molecule has 0 bridgehead atoms. The van der Waals surface area contributed by atoms with E-state index in [0.29, 0.717) is 5.92 Å². The van der Waals surface area contributed by atoms with Crippen LogP contribution in [0.2, 0.25) is 0 Å². The van der Waals surface area contributed by atoms with Gasteiger partial charge >= 0.3 is 0 Å². The molecule has 1 saturated heterocycles. The molecule has 0 saturated carbocycles. The maximum Gasteiger partial charge on any atom is 0.00897 e. The molecule has 0 aromatic heterocycles. The summed E-state index contributed by atoms with van der Waals surface area (Å²) in [6.07, 6.45) is 2.47. The Morgan fingerprint density at radius 3 is 2.33 bits per heavy atom. The molecule has 0 spiro atoms. The molecule has 1 rings (SSSR count). The third kappa shape index (κ3) is 2.01. The molecular weight excluding hydrogens is 130 g/mol. The summed E-state index contributed by atoms with van der Waals surface area (Å²) in [6.45, 7) is 1.93. The minimum atomic E-state index is 0.617. The molecule has 1 heterocycles.